The number of nitrogens with zero attached hydrogens (tertiary/aromatic N) is 4. The van der Waals surface area contributed by atoms with Crippen molar-refractivity contribution in [3.63, 3.8) is 0 Å². The molecule has 8 aromatic carbocycles. The molecule has 1 aliphatic heterocycles. The molecule has 3 aliphatic carbocycles. The van der Waals surface area contributed by atoms with Gasteiger partial charge in [0.1, 0.15) is 0 Å². The van der Waals surface area contributed by atoms with Crippen LogP contribution in [0.2, 0.25) is 0 Å². The third kappa shape index (κ3) is 4.48. The summed E-state index contributed by atoms with van der Waals surface area (Å²) in [6.45, 7) is 0. The highest BCUT2D eigenvalue weighted by Gasteiger charge is 2.52. The summed E-state index contributed by atoms with van der Waals surface area (Å²) in [5, 5.41) is 0. The van der Waals surface area contributed by atoms with E-state index in [0.29, 0.717) is 0 Å². The van der Waals surface area contributed by atoms with E-state index in [-0.39, 0.29) is 12.1 Å². The van der Waals surface area contributed by atoms with E-state index in [9.17, 15) is 0 Å². The summed E-state index contributed by atoms with van der Waals surface area (Å²) in [5.74, 6) is 0.966. The molecule has 0 radical (unpaired) electrons. The van der Waals surface area contributed by atoms with Gasteiger partial charge in [-0.1, -0.05) is 164 Å². The summed E-state index contributed by atoms with van der Waals surface area (Å²) in [5.41, 5.74) is 19.2. The van der Waals surface area contributed by atoms with Crippen LogP contribution in [0.25, 0.3) is 44.4 Å². The summed E-state index contributed by atoms with van der Waals surface area (Å²) in [6, 6.07) is 73.3. The van der Waals surface area contributed by atoms with Gasteiger partial charge in [-0.05, 0) is 105 Å². The largest absolute Gasteiger partial charge is 0.310 e. The lowest BCUT2D eigenvalue weighted by Gasteiger charge is -2.34. The first-order valence-corrected chi connectivity index (χ1v) is 20.9. The molecule has 0 bridgehead atoms. The van der Waals surface area contributed by atoms with Crippen LogP contribution in [0.15, 0.2) is 224 Å². The highest BCUT2D eigenvalue weighted by atomic mass is 15.4. The first kappa shape index (κ1) is 33.3. The molecular weight excluding hydrogens is 729 g/mol. The molecule has 60 heavy (non-hydrogen) atoms. The molecule has 0 saturated carbocycles. The average Bonchev–Trinajstić information content (AvgIpc) is 4.03. The molecule has 4 aliphatic rings. The predicted molar refractivity (Wildman–Crippen MR) is 245 cm³/mol. The Morgan fingerprint density at radius 1 is 0.483 bits per heavy atom. The van der Waals surface area contributed by atoms with Gasteiger partial charge in [0, 0.05) is 22.6 Å². The van der Waals surface area contributed by atoms with Crippen LogP contribution in [0, 0.1) is 0 Å². The summed E-state index contributed by atoms with van der Waals surface area (Å²) >= 11 is 0. The molecule has 13 rings (SSSR count). The van der Waals surface area contributed by atoms with Gasteiger partial charge in [-0.15, -0.1) is 0 Å². The zero-order valence-electron chi connectivity index (χ0n) is 32.7. The first-order valence-electron chi connectivity index (χ1n) is 20.9. The van der Waals surface area contributed by atoms with Gasteiger partial charge in [-0.25, -0.2) is 4.98 Å². The Labute approximate surface area is 349 Å². The molecule has 1 spiro atoms. The van der Waals surface area contributed by atoms with Gasteiger partial charge in [0.05, 0.1) is 34.2 Å². The zero-order valence-corrected chi connectivity index (χ0v) is 32.7. The van der Waals surface area contributed by atoms with Gasteiger partial charge in [0.2, 0.25) is 5.95 Å². The van der Waals surface area contributed by atoms with E-state index in [2.05, 4.69) is 233 Å². The van der Waals surface area contributed by atoms with Gasteiger partial charge in [-0.2, -0.15) is 0 Å². The smallest absolute Gasteiger partial charge is 0.212 e. The van der Waals surface area contributed by atoms with Gasteiger partial charge in [0.25, 0.3) is 0 Å². The molecule has 282 valence electrons. The fourth-order valence-electron chi connectivity index (χ4n) is 10.9. The Morgan fingerprint density at radius 3 is 1.80 bits per heavy atom. The minimum absolute atomic E-state index is 0.00248. The number of allylic oxidation sites excluding steroid dienone is 1. The van der Waals surface area contributed by atoms with Crippen molar-refractivity contribution in [2.45, 2.75) is 17.5 Å². The predicted octanol–water partition coefficient (Wildman–Crippen LogP) is 13.4. The summed E-state index contributed by atoms with van der Waals surface area (Å²) < 4.78 is 2.44. The second kappa shape index (κ2) is 12.7. The molecule has 9 aromatic rings. The standard InChI is InChI=1S/C56H38N4/c1-3-16-37(17-4-1)38-30-32-40(33-31-38)58(41-34-35-51-53(36-41)60-50-28-14-13-27-49(50)57-55(60)59(51)39-18-5-2-6-19-39)52-29-15-26-48-54(52)44-22-9-12-25-47(44)56(48)45-23-10-7-20-42(45)43-21-8-11-24-46(43)56/h1-36,51,53H. The maximum atomic E-state index is 5.26. The normalized spacial score (nSPS) is 17.1. The van der Waals surface area contributed by atoms with E-state index in [4.69, 9.17) is 4.98 Å². The number of aromatic nitrogens is 2. The lowest BCUT2D eigenvalue weighted by molar-refractivity contribution is 0.618. The monoisotopic (exact) mass is 766 g/mol. The Balaban J connectivity index is 1.05. The SMILES string of the molecule is C1=CC2C(C=C1N(c1ccc(-c3ccccc3)cc1)c1cccc3c1-c1ccccc1C31c3ccccc3-c3ccccc31)n1c(nc3ccccc31)N2c1ccccc1. The van der Waals surface area contributed by atoms with Crippen molar-refractivity contribution in [2.75, 3.05) is 9.80 Å². The highest BCUT2D eigenvalue weighted by Crippen LogP contribution is 2.64. The first-order chi connectivity index (χ1) is 29.8. The number of hydrogen-bond donors (Lipinski definition) is 0. The van der Waals surface area contributed by atoms with Crippen molar-refractivity contribution in [2.24, 2.45) is 0 Å². The molecule has 0 saturated heterocycles. The van der Waals surface area contributed by atoms with Crippen LogP contribution < -0.4 is 9.80 Å². The van der Waals surface area contributed by atoms with E-state index >= 15 is 0 Å². The lowest BCUT2D eigenvalue weighted by Crippen LogP contribution is -2.32. The van der Waals surface area contributed by atoms with E-state index in [0.717, 1.165) is 39.7 Å². The van der Waals surface area contributed by atoms with Gasteiger partial charge in [0.15, 0.2) is 0 Å². The van der Waals surface area contributed by atoms with Crippen LogP contribution in [-0.2, 0) is 5.41 Å². The second-order valence-corrected chi connectivity index (χ2v) is 16.2. The van der Waals surface area contributed by atoms with Crippen molar-refractivity contribution in [1.29, 1.82) is 0 Å². The molecule has 0 fully saturated rings. The number of para-hydroxylation sites is 3. The minimum atomic E-state index is -0.438. The Kier molecular flexibility index (Phi) is 7.02. The second-order valence-electron chi connectivity index (χ2n) is 16.2. The van der Waals surface area contributed by atoms with Crippen molar-refractivity contribution in [3.8, 4) is 33.4 Å². The zero-order chi connectivity index (χ0) is 39.4. The fraction of sp³-hybridized carbons (Fsp3) is 0.0536. The van der Waals surface area contributed by atoms with Crippen molar-refractivity contribution in [3.05, 3.63) is 246 Å². The van der Waals surface area contributed by atoms with Crippen LogP contribution in [0.1, 0.15) is 28.3 Å². The summed E-state index contributed by atoms with van der Waals surface area (Å²) in [4.78, 5) is 10.2. The number of fused-ring (bicyclic) bond motifs is 15. The molecular formula is C56H38N4. The Hall–Kier alpha value is -7.69. The average molecular weight is 767 g/mol. The lowest BCUT2D eigenvalue weighted by atomic mass is 9.70. The van der Waals surface area contributed by atoms with Crippen LogP contribution in [0.4, 0.5) is 23.0 Å². The van der Waals surface area contributed by atoms with Crippen molar-refractivity contribution in [1.82, 2.24) is 9.55 Å². The quantitative estimate of drug-likeness (QED) is 0.174. The van der Waals surface area contributed by atoms with Crippen LogP contribution in [0.3, 0.4) is 0 Å². The van der Waals surface area contributed by atoms with Crippen LogP contribution >= 0.6 is 0 Å². The van der Waals surface area contributed by atoms with Gasteiger partial charge < -0.3 is 14.4 Å². The molecule has 1 aromatic heterocycles. The van der Waals surface area contributed by atoms with E-state index in [1.54, 1.807) is 0 Å². The Bertz CT molecular complexity index is 3180. The topological polar surface area (TPSA) is 24.3 Å². The third-order valence-corrected chi connectivity index (χ3v) is 13.3. The van der Waals surface area contributed by atoms with Crippen molar-refractivity contribution >= 4 is 34.0 Å². The van der Waals surface area contributed by atoms with Crippen LogP contribution in [0.5, 0.6) is 0 Å². The Morgan fingerprint density at radius 2 is 1.07 bits per heavy atom. The summed E-state index contributed by atoms with van der Waals surface area (Å²) in [6.07, 6.45) is 7.21. The number of benzene rings is 8. The number of imidazole rings is 1. The fourth-order valence-corrected chi connectivity index (χ4v) is 10.9. The number of hydrogen-bond acceptors (Lipinski definition) is 3. The maximum Gasteiger partial charge on any atom is 0.212 e. The van der Waals surface area contributed by atoms with E-state index < -0.39 is 5.41 Å². The highest BCUT2D eigenvalue weighted by molar-refractivity contribution is 6.00. The van der Waals surface area contributed by atoms with Gasteiger partial charge >= 0.3 is 0 Å². The molecule has 2 heterocycles. The third-order valence-electron chi connectivity index (χ3n) is 13.3. The molecule has 0 amide bonds. The molecule has 2 unspecified atom stereocenters. The minimum Gasteiger partial charge on any atom is -0.310 e. The molecule has 0 N–H and O–H groups in total. The van der Waals surface area contributed by atoms with E-state index in [1.165, 1.54) is 55.6 Å². The molecule has 2 atom stereocenters. The van der Waals surface area contributed by atoms with Crippen molar-refractivity contribution < 1.29 is 0 Å². The summed E-state index contributed by atoms with van der Waals surface area (Å²) in [7, 11) is 0. The maximum absolute atomic E-state index is 5.26. The van der Waals surface area contributed by atoms with Gasteiger partial charge in [-0.3, -0.25) is 0 Å². The number of rotatable bonds is 5. The van der Waals surface area contributed by atoms with Crippen LogP contribution in [-0.4, -0.2) is 15.6 Å². The number of anilines is 4. The molecule has 4 nitrogen and oxygen atoms in total. The molecule has 4 heteroatoms. The van der Waals surface area contributed by atoms with E-state index in [1.807, 2.05) is 0 Å².